The third-order valence-corrected chi connectivity index (χ3v) is 5.11. The first-order chi connectivity index (χ1) is 13.3. The number of aromatic nitrogens is 3. The Morgan fingerprint density at radius 3 is 2.63 bits per heavy atom. The van der Waals surface area contributed by atoms with Gasteiger partial charge in [0.05, 0.1) is 19.4 Å². The molecular formula is C20H27N5O2. The molecular weight excluding hydrogens is 342 g/mol. The van der Waals surface area contributed by atoms with E-state index in [4.69, 9.17) is 19.4 Å². The van der Waals surface area contributed by atoms with E-state index in [1.54, 1.807) is 12.4 Å². The van der Waals surface area contributed by atoms with Gasteiger partial charge in [0, 0.05) is 57.0 Å². The van der Waals surface area contributed by atoms with Gasteiger partial charge in [-0.1, -0.05) is 6.92 Å². The number of anilines is 2. The standard InChI is InChI=1S/C20H27N5O2/c1-2-16-14-19(23-20(22-16)25-10-12-26-13-11-25)24-8-5-17(6-9-24)27-18-4-3-7-21-15-18/h3-4,7,14-15,17H,2,5-6,8-13H2,1H3. The third kappa shape index (κ3) is 4.47. The summed E-state index contributed by atoms with van der Waals surface area (Å²) >= 11 is 0. The molecule has 0 spiro atoms. The number of rotatable bonds is 5. The molecule has 0 atom stereocenters. The van der Waals surface area contributed by atoms with Crippen LogP contribution in [0.5, 0.6) is 5.75 Å². The lowest BCUT2D eigenvalue weighted by atomic mass is 10.1. The Morgan fingerprint density at radius 1 is 1.11 bits per heavy atom. The van der Waals surface area contributed by atoms with Gasteiger partial charge in [0.15, 0.2) is 0 Å². The third-order valence-electron chi connectivity index (χ3n) is 5.11. The molecule has 2 saturated heterocycles. The van der Waals surface area contributed by atoms with E-state index in [2.05, 4.69) is 27.8 Å². The van der Waals surface area contributed by atoms with Gasteiger partial charge in [0.2, 0.25) is 5.95 Å². The molecule has 2 aliphatic rings. The van der Waals surface area contributed by atoms with Crippen molar-refractivity contribution in [2.45, 2.75) is 32.3 Å². The highest BCUT2D eigenvalue weighted by molar-refractivity contribution is 5.46. The van der Waals surface area contributed by atoms with Crippen molar-refractivity contribution in [3.8, 4) is 5.75 Å². The summed E-state index contributed by atoms with van der Waals surface area (Å²) < 4.78 is 11.5. The Kier molecular flexibility index (Phi) is 5.67. The molecule has 0 bridgehead atoms. The quantitative estimate of drug-likeness (QED) is 0.801. The van der Waals surface area contributed by atoms with Crippen LogP contribution in [0.25, 0.3) is 0 Å². The van der Waals surface area contributed by atoms with E-state index in [9.17, 15) is 0 Å². The lowest BCUT2D eigenvalue weighted by molar-refractivity contribution is 0.122. The number of nitrogens with zero attached hydrogens (tertiary/aromatic N) is 5. The summed E-state index contributed by atoms with van der Waals surface area (Å²) in [6.07, 6.45) is 6.64. The van der Waals surface area contributed by atoms with Crippen LogP contribution in [0.4, 0.5) is 11.8 Å². The molecule has 7 heteroatoms. The maximum atomic E-state index is 6.06. The van der Waals surface area contributed by atoms with E-state index in [0.717, 1.165) is 81.9 Å². The number of morpholine rings is 1. The maximum Gasteiger partial charge on any atom is 0.227 e. The minimum atomic E-state index is 0.233. The molecule has 2 aromatic rings. The predicted octanol–water partition coefficient (Wildman–Crippen LogP) is 2.32. The van der Waals surface area contributed by atoms with Gasteiger partial charge in [-0.05, 0) is 18.6 Å². The number of ether oxygens (including phenoxy) is 2. The number of hydrogen-bond acceptors (Lipinski definition) is 7. The fourth-order valence-electron chi connectivity index (χ4n) is 3.53. The summed E-state index contributed by atoms with van der Waals surface area (Å²) in [7, 11) is 0. The highest BCUT2D eigenvalue weighted by Crippen LogP contribution is 2.24. The molecule has 7 nitrogen and oxygen atoms in total. The Balaban J connectivity index is 1.42. The van der Waals surface area contributed by atoms with Gasteiger partial charge >= 0.3 is 0 Å². The van der Waals surface area contributed by atoms with Crippen molar-refractivity contribution >= 4 is 11.8 Å². The van der Waals surface area contributed by atoms with Gasteiger partial charge in [0.1, 0.15) is 17.7 Å². The largest absolute Gasteiger partial charge is 0.489 e. The number of aryl methyl sites for hydroxylation is 1. The van der Waals surface area contributed by atoms with Gasteiger partial charge in [-0.3, -0.25) is 4.98 Å². The molecule has 0 amide bonds. The van der Waals surface area contributed by atoms with Crippen LogP contribution in [0.3, 0.4) is 0 Å². The van der Waals surface area contributed by atoms with E-state index in [1.165, 1.54) is 0 Å². The lowest BCUT2D eigenvalue weighted by Crippen LogP contribution is -2.40. The monoisotopic (exact) mass is 369 g/mol. The first kappa shape index (κ1) is 18.0. The Labute approximate surface area is 160 Å². The maximum absolute atomic E-state index is 6.06. The molecule has 2 aromatic heterocycles. The molecule has 4 rings (SSSR count). The van der Waals surface area contributed by atoms with Crippen molar-refractivity contribution in [2.75, 3.05) is 49.2 Å². The van der Waals surface area contributed by atoms with E-state index >= 15 is 0 Å². The molecule has 0 saturated carbocycles. The molecule has 4 heterocycles. The molecule has 2 fully saturated rings. The van der Waals surface area contributed by atoms with Crippen molar-refractivity contribution in [2.24, 2.45) is 0 Å². The highest BCUT2D eigenvalue weighted by atomic mass is 16.5. The van der Waals surface area contributed by atoms with Crippen molar-refractivity contribution < 1.29 is 9.47 Å². The smallest absolute Gasteiger partial charge is 0.227 e. The molecule has 27 heavy (non-hydrogen) atoms. The average Bonchev–Trinajstić information content (AvgIpc) is 2.75. The molecule has 0 unspecified atom stereocenters. The number of pyridine rings is 1. The summed E-state index contributed by atoms with van der Waals surface area (Å²) in [4.78, 5) is 18.3. The van der Waals surface area contributed by atoms with Gasteiger partial charge in [-0.2, -0.15) is 4.98 Å². The fraction of sp³-hybridized carbons (Fsp3) is 0.550. The van der Waals surface area contributed by atoms with Crippen LogP contribution in [0.15, 0.2) is 30.6 Å². The Bertz CT molecular complexity index is 728. The van der Waals surface area contributed by atoms with Crippen LogP contribution in [-0.4, -0.2) is 60.4 Å². The zero-order chi connectivity index (χ0) is 18.5. The fourth-order valence-corrected chi connectivity index (χ4v) is 3.53. The highest BCUT2D eigenvalue weighted by Gasteiger charge is 2.23. The van der Waals surface area contributed by atoms with Crippen LogP contribution < -0.4 is 14.5 Å². The van der Waals surface area contributed by atoms with Crippen molar-refractivity contribution in [1.29, 1.82) is 0 Å². The normalized spacial score (nSPS) is 18.6. The van der Waals surface area contributed by atoms with Crippen LogP contribution in [-0.2, 0) is 11.2 Å². The average molecular weight is 369 g/mol. The first-order valence-electron chi connectivity index (χ1n) is 9.84. The van der Waals surface area contributed by atoms with E-state index < -0.39 is 0 Å². The summed E-state index contributed by atoms with van der Waals surface area (Å²) in [5, 5.41) is 0. The minimum absolute atomic E-state index is 0.233. The molecule has 0 N–H and O–H groups in total. The van der Waals surface area contributed by atoms with Crippen LogP contribution >= 0.6 is 0 Å². The van der Waals surface area contributed by atoms with E-state index in [-0.39, 0.29) is 6.10 Å². The van der Waals surface area contributed by atoms with Crippen LogP contribution in [0, 0.1) is 0 Å². The lowest BCUT2D eigenvalue weighted by Gasteiger charge is -2.34. The van der Waals surface area contributed by atoms with Gasteiger partial charge in [0.25, 0.3) is 0 Å². The summed E-state index contributed by atoms with van der Waals surface area (Å²) in [6, 6.07) is 6.00. The minimum Gasteiger partial charge on any atom is -0.489 e. The summed E-state index contributed by atoms with van der Waals surface area (Å²) in [5.41, 5.74) is 1.09. The van der Waals surface area contributed by atoms with Crippen LogP contribution in [0.2, 0.25) is 0 Å². The SMILES string of the molecule is CCc1cc(N2CCC(Oc3cccnc3)CC2)nc(N2CCOCC2)n1. The predicted molar refractivity (Wildman–Crippen MR) is 105 cm³/mol. The number of piperidine rings is 1. The second-order valence-corrected chi connectivity index (χ2v) is 6.96. The molecule has 0 aromatic carbocycles. The molecule has 0 aliphatic carbocycles. The van der Waals surface area contributed by atoms with E-state index in [1.807, 2.05) is 12.1 Å². The van der Waals surface area contributed by atoms with Gasteiger partial charge in [-0.25, -0.2) is 4.98 Å². The zero-order valence-electron chi connectivity index (χ0n) is 15.9. The van der Waals surface area contributed by atoms with Crippen LogP contribution in [0.1, 0.15) is 25.5 Å². The summed E-state index contributed by atoms with van der Waals surface area (Å²) in [6.45, 7) is 7.21. The molecule has 0 radical (unpaired) electrons. The summed E-state index contributed by atoms with van der Waals surface area (Å²) in [5.74, 6) is 2.71. The first-order valence-corrected chi connectivity index (χ1v) is 9.84. The van der Waals surface area contributed by atoms with Crippen molar-refractivity contribution in [1.82, 2.24) is 15.0 Å². The molecule has 2 aliphatic heterocycles. The molecule has 144 valence electrons. The van der Waals surface area contributed by atoms with Crippen molar-refractivity contribution in [3.63, 3.8) is 0 Å². The second-order valence-electron chi connectivity index (χ2n) is 6.96. The zero-order valence-corrected chi connectivity index (χ0v) is 15.9. The Morgan fingerprint density at radius 2 is 1.93 bits per heavy atom. The van der Waals surface area contributed by atoms with Crippen molar-refractivity contribution in [3.05, 3.63) is 36.3 Å². The van der Waals surface area contributed by atoms with E-state index in [0.29, 0.717) is 0 Å². The number of hydrogen-bond donors (Lipinski definition) is 0. The second kappa shape index (κ2) is 8.52. The topological polar surface area (TPSA) is 63.6 Å². The van der Waals surface area contributed by atoms with Gasteiger partial charge < -0.3 is 19.3 Å². The van der Waals surface area contributed by atoms with Gasteiger partial charge in [-0.15, -0.1) is 0 Å². The Hall–Kier alpha value is -2.41.